The Balaban J connectivity index is 1.57. The Bertz CT molecular complexity index is 1000. The first-order chi connectivity index (χ1) is 13.4. The maximum Gasteiger partial charge on any atom is 0.183 e. The zero-order valence-electron chi connectivity index (χ0n) is 15.6. The number of carbonyl (C=O) groups is 2. The molecule has 0 saturated heterocycles. The molecule has 3 rings (SSSR count). The van der Waals surface area contributed by atoms with Gasteiger partial charge in [-0.15, -0.1) is 0 Å². The van der Waals surface area contributed by atoms with Crippen molar-refractivity contribution in [1.29, 1.82) is 0 Å². The van der Waals surface area contributed by atoms with E-state index in [4.69, 9.17) is 10.5 Å². The number of anilines is 1. The highest BCUT2D eigenvalue weighted by Gasteiger charge is 2.15. The molecule has 9 heteroatoms. The average molecular weight is 399 g/mol. The third-order valence-corrected chi connectivity index (χ3v) is 4.77. The Morgan fingerprint density at radius 3 is 2.79 bits per heavy atom. The summed E-state index contributed by atoms with van der Waals surface area (Å²) < 4.78 is 5.61. The van der Waals surface area contributed by atoms with Gasteiger partial charge in [-0.2, -0.15) is 0 Å². The number of rotatable bonds is 9. The second-order valence-corrected chi connectivity index (χ2v) is 7.60. The number of fused-ring (bicyclic) bond motifs is 1. The summed E-state index contributed by atoms with van der Waals surface area (Å²) in [6.07, 6.45) is 1.77. The van der Waals surface area contributed by atoms with Gasteiger partial charge in [-0.05, 0) is 18.1 Å². The number of H-pyrrole nitrogens is 1. The number of ether oxygens (including phenoxy) is 1. The van der Waals surface area contributed by atoms with Gasteiger partial charge in [0, 0.05) is 6.42 Å². The van der Waals surface area contributed by atoms with Crippen molar-refractivity contribution < 1.29 is 14.3 Å². The van der Waals surface area contributed by atoms with E-state index in [1.165, 1.54) is 18.1 Å². The van der Waals surface area contributed by atoms with Crippen LogP contribution in [-0.4, -0.2) is 43.9 Å². The number of nitrogens with two attached hydrogens (primary N) is 1. The molecule has 146 valence electrons. The molecule has 0 radical (unpaired) electrons. The van der Waals surface area contributed by atoms with Crippen LogP contribution in [0.4, 0.5) is 5.82 Å². The molecule has 8 nitrogen and oxygen atoms in total. The summed E-state index contributed by atoms with van der Waals surface area (Å²) in [6.45, 7) is 3.85. The number of nitrogen functional groups attached to an aromatic ring is 1. The molecule has 28 heavy (non-hydrogen) atoms. The molecule has 0 fully saturated rings. The van der Waals surface area contributed by atoms with Crippen molar-refractivity contribution in [2.75, 3.05) is 18.1 Å². The van der Waals surface area contributed by atoms with E-state index >= 15 is 0 Å². The number of nitrogens with one attached hydrogen (secondary N) is 1. The maximum atomic E-state index is 12.3. The number of ketones is 2. The Morgan fingerprint density at radius 2 is 2.04 bits per heavy atom. The smallest absolute Gasteiger partial charge is 0.183 e. The number of carbonyl (C=O) groups excluding carboxylic acids is 2. The molecule has 1 aromatic carbocycles. The average Bonchev–Trinajstić information content (AvgIpc) is 3.09. The first kappa shape index (κ1) is 19.8. The second kappa shape index (κ2) is 8.83. The Morgan fingerprint density at radius 1 is 1.25 bits per heavy atom. The molecule has 0 saturated carbocycles. The molecule has 0 aliphatic carbocycles. The van der Waals surface area contributed by atoms with Crippen LogP contribution in [0.3, 0.4) is 0 Å². The largest absolute Gasteiger partial charge is 0.485 e. The van der Waals surface area contributed by atoms with Crippen LogP contribution in [0.1, 0.15) is 30.6 Å². The van der Waals surface area contributed by atoms with Gasteiger partial charge in [0.1, 0.15) is 24.2 Å². The minimum absolute atomic E-state index is 0.00778. The molecule has 2 aromatic heterocycles. The number of benzene rings is 1. The third kappa shape index (κ3) is 4.86. The maximum absolute atomic E-state index is 12.3. The molecule has 0 amide bonds. The van der Waals surface area contributed by atoms with Gasteiger partial charge in [0.25, 0.3) is 0 Å². The van der Waals surface area contributed by atoms with Gasteiger partial charge in [0.2, 0.25) is 0 Å². The van der Waals surface area contributed by atoms with Crippen molar-refractivity contribution in [2.24, 2.45) is 5.92 Å². The van der Waals surface area contributed by atoms with Gasteiger partial charge >= 0.3 is 0 Å². The van der Waals surface area contributed by atoms with Gasteiger partial charge in [-0.25, -0.2) is 15.0 Å². The molecular weight excluding hydrogens is 378 g/mol. The lowest BCUT2D eigenvalue weighted by Gasteiger charge is -2.11. The number of aromatic nitrogens is 4. The minimum atomic E-state index is -0.129. The number of aromatic amines is 1. The van der Waals surface area contributed by atoms with E-state index in [0.29, 0.717) is 39.9 Å². The van der Waals surface area contributed by atoms with Crippen molar-refractivity contribution >= 4 is 40.3 Å². The van der Waals surface area contributed by atoms with E-state index in [1.54, 1.807) is 24.3 Å². The quantitative estimate of drug-likeness (QED) is 0.416. The highest BCUT2D eigenvalue weighted by Crippen LogP contribution is 2.23. The van der Waals surface area contributed by atoms with E-state index in [9.17, 15) is 9.59 Å². The Labute approximate surface area is 166 Å². The normalized spacial score (nSPS) is 11.1. The molecule has 0 aliphatic rings. The van der Waals surface area contributed by atoms with Crippen LogP contribution in [0.15, 0.2) is 35.7 Å². The topological polar surface area (TPSA) is 124 Å². The Hall–Kier alpha value is -2.94. The van der Waals surface area contributed by atoms with Gasteiger partial charge in [-0.1, -0.05) is 37.7 Å². The first-order valence-corrected chi connectivity index (χ1v) is 9.78. The lowest BCUT2D eigenvalue weighted by atomic mass is 10.0. The zero-order valence-corrected chi connectivity index (χ0v) is 16.5. The fraction of sp³-hybridized carbons (Fsp3) is 0.316. The van der Waals surface area contributed by atoms with Crippen LogP contribution in [0.2, 0.25) is 0 Å². The molecule has 0 unspecified atom stereocenters. The van der Waals surface area contributed by atoms with Crippen LogP contribution >= 0.6 is 11.8 Å². The summed E-state index contributed by atoms with van der Waals surface area (Å²) in [5.41, 5.74) is 7.27. The van der Waals surface area contributed by atoms with Gasteiger partial charge in [0.05, 0.1) is 11.3 Å². The molecular formula is C19H21N5O3S. The molecule has 0 spiro atoms. The van der Waals surface area contributed by atoms with Crippen LogP contribution in [0.25, 0.3) is 11.2 Å². The molecule has 3 aromatic rings. The van der Waals surface area contributed by atoms with Crippen molar-refractivity contribution in [3.8, 4) is 5.75 Å². The fourth-order valence-electron chi connectivity index (χ4n) is 2.55. The number of hydrogen-bond donors (Lipinski definition) is 2. The number of para-hydroxylation sites is 1. The first-order valence-electron chi connectivity index (χ1n) is 8.79. The molecule has 0 aliphatic heterocycles. The van der Waals surface area contributed by atoms with E-state index < -0.39 is 0 Å². The summed E-state index contributed by atoms with van der Waals surface area (Å²) in [5.74, 6) is 1.03. The highest BCUT2D eigenvalue weighted by atomic mass is 32.2. The van der Waals surface area contributed by atoms with E-state index in [1.807, 2.05) is 13.8 Å². The fourth-order valence-corrected chi connectivity index (χ4v) is 3.25. The van der Waals surface area contributed by atoms with E-state index in [-0.39, 0.29) is 29.8 Å². The summed E-state index contributed by atoms with van der Waals surface area (Å²) >= 11 is 1.23. The number of Topliss-reactive ketones (excluding diaryl/α,β-unsaturated/α-hetero) is 2. The standard InChI is InChI=1S/C19H21N5O3S/c1-11(2)7-14(26)13-5-3-4-6-15(13)27-8-12(25)9-28-19-23-16-17(20)21-10-22-18(16)24-19/h3-6,10-11H,7-9H2,1-2H3,(H3,20,21,22,23,24). The van der Waals surface area contributed by atoms with Crippen molar-refractivity contribution in [1.82, 2.24) is 19.9 Å². The van der Waals surface area contributed by atoms with E-state index in [2.05, 4.69) is 19.9 Å². The Kier molecular flexibility index (Phi) is 6.25. The van der Waals surface area contributed by atoms with Gasteiger partial charge in [0.15, 0.2) is 28.2 Å². The third-order valence-electron chi connectivity index (χ3n) is 3.84. The van der Waals surface area contributed by atoms with Crippen LogP contribution in [0.5, 0.6) is 5.75 Å². The number of hydrogen-bond acceptors (Lipinski definition) is 8. The van der Waals surface area contributed by atoms with Gasteiger partial charge in [-0.3, -0.25) is 9.59 Å². The zero-order chi connectivity index (χ0) is 20.1. The van der Waals surface area contributed by atoms with E-state index in [0.717, 1.165) is 0 Å². The van der Waals surface area contributed by atoms with Crippen molar-refractivity contribution in [2.45, 2.75) is 25.4 Å². The second-order valence-electron chi connectivity index (χ2n) is 6.63. The number of thioether (sulfide) groups is 1. The molecule has 0 bridgehead atoms. The van der Waals surface area contributed by atoms with Crippen LogP contribution in [-0.2, 0) is 4.79 Å². The molecule has 3 N–H and O–H groups in total. The summed E-state index contributed by atoms with van der Waals surface area (Å²) in [7, 11) is 0. The predicted molar refractivity (Wildman–Crippen MR) is 108 cm³/mol. The SMILES string of the molecule is CC(C)CC(=O)c1ccccc1OCC(=O)CSc1nc2ncnc(N)c2[nH]1. The van der Waals surface area contributed by atoms with Gasteiger partial charge < -0.3 is 15.5 Å². The monoisotopic (exact) mass is 399 g/mol. The van der Waals surface area contributed by atoms with Crippen LogP contribution in [0, 0.1) is 5.92 Å². The lowest BCUT2D eigenvalue weighted by Crippen LogP contribution is -2.15. The van der Waals surface area contributed by atoms with Crippen molar-refractivity contribution in [3.63, 3.8) is 0 Å². The molecule has 0 atom stereocenters. The molecule has 2 heterocycles. The summed E-state index contributed by atoms with van der Waals surface area (Å²) in [4.78, 5) is 39.7. The van der Waals surface area contributed by atoms with Crippen molar-refractivity contribution in [3.05, 3.63) is 36.2 Å². The lowest BCUT2D eigenvalue weighted by molar-refractivity contribution is -0.118. The highest BCUT2D eigenvalue weighted by molar-refractivity contribution is 7.99. The number of nitrogens with zero attached hydrogens (tertiary/aromatic N) is 3. The minimum Gasteiger partial charge on any atom is -0.485 e. The predicted octanol–water partition coefficient (Wildman–Crippen LogP) is 2.90. The number of imidazole rings is 1. The van der Waals surface area contributed by atoms with Crippen LogP contribution < -0.4 is 10.5 Å². The summed E-state index contributed by atoms with van der Waals surface area (Å²) in [5, 5.41) is 0.531. The summed E-state index contributed by atoms with van der Waals surface area (Å²) in [6, 6.07) is 6.99.